The van der Waals surface area contributed by atoms with Gasteiger partial charge in [0.25, 0.3) is 5.91 Å². The first-order valence-electron chi connectivity index (χ1n) is 8.34. The Morgan fingerprint density at radius 2 is 2.00 bits per heavy atom. The van der Waals surface area contributed by atoms with Crippen molar-refractivity contribution in [2.45, 2.75) is 25.6 Å². The maximum Gasteiger partial charge on any atom is 0.419 e. The van der Waals surface area contributed by atoms with Crippen molar-refractivity contribution in [3.05, 3.63) is 41.6 Å². The summed E-state index contributed by atoms with van der Waals surface area (Å²) in [5.74, 6) is 0.830. The minimum absolute atomic E-state index is 0.0136. The van der Waals surface area contributed by atoms with Crippen LogP contribution in [-0.2, 0) is 6.18 Å². The number of hydrogen-bond acceptors (Lipinski definition) is 5. The maximum atomic E-state index is 12.6. The number of hydrogen-bond donors (Lipinski definition) is 0. The molecule has 0 radical (unpaired) electrons. The van der Waals surface area contributed by atoms with E-state index < -0.39 is 11.7 Å². The third-order valence-corrected chi connectivity index (χ3v) is 5.12. The summed E-state index contributed by atoms with van der Waals surface area (Å²) in [6.07, 6.45) is -0.527. The van der Waals surface area contributed by atoms with Crippen molar-refractivity contribution in [3.63, 3.8) is 0 Å². The Bertz CT molecular complexity index is 818. The molecule has 4 rings (SSSR count). The summed E-state index contributed by atoms with van der Waals surface area (Å²) in [6, 6.07) is 1.76. The predicted octanol–water partition coefficient (Wildman–Crippen LogP) is 2.75. The lowest BCUT2D eigenvalue weighted by atomic mass is 9.82. The van der Waals surface area contributed by atoms with Gasteiger partial charge in [0.1, 0.15) is 0 Å². The largest absolute Gasteiger partial charge is 0.459 e. The van der Waals surface area contributed by atoms with E-state index in [1.807, 2.05) is 11.8 Å². The smallest absolute Gasteiger partial charge is 0.419 e. The van der Waals surface area contributed by atoms with Gasteiger partial charge in [0.2, 0.25) is 5.95 Å². The minimum atomic E-state index is -4.45. The Morgan fingerprint density at radius 3 is 2.62 bits per heavy atom. The number of carbonyl (C=O) groups excluding carboxylic acids is 1. The van der Waals surface area contributed by atoms with Gasteiger partial charge in [0, 0.05) is 43.5 Å². The van der Waals surface area contributed by atoms with Crippen LogP contribution in [0.15, 0.2) is 29.1 Å². The van der Waals surface area contributed by atoms with Crippen LogP contribution >= 0.6 is 0 Å². The Balaban J connectivity index is 1.47. The van der Waals surface area contributed by atoms with E-state index in [0.29, 0.717) is 31.3 Å². The standard InChI is InChI=1S/C17H17F3N4O2/c1-10-3-5-26-14(10)15(25)23-4-2-11-8-24(13(11)9-23)16-21-6-12(7-22-16)17(18,19)20/h3,5-7,11,13H,2,4,8-9H2,1H3/t11-,13-/m0/s1. The molecule has 0 unspecified atom stereocenters. The van der Waals surface area contributed by atoms with E-state index in [0.717, 1.165) is 24.4 Å². The summed E-state index contributed by atoms with van der Waals surface area (Å²) in [4.78, 5) is 23.9. The van der Waals surface area contributed by atoms with Crippen molar-refractivity contribution in [1.29, 1.82) is 0 Å². The van der Waals surface area contributed by atoms with Gasteiger partial charge >= 0.3 is 6.18 Å². The molecular formula is C17H17F3N4O2. The minimum Gasteiger partial charge on any atom is -0.459 e. The maximum absolute atomic E-state index is 12.6. The number of aryl methyl sites for hydroxylation is 1. The lowest BCUT2D eigenvalue weighted by molar-refractivity contribution is -0.138. The van der Waals surface area contributed by atoms with Crippen LogP contribution in [0.2, 0.25) is 0 Å². The van der Waals surface area contributed by atoms with Crippen molar-refractivity contribution in [2.75, 3.05) is 24.5 Å². The molecule has 2 aromatic rings. The predicted molar refractivity (Wildman–Crippen MR) is 85.6 cm³/mol. The molecule has 2 saturated heterocycles. The fourth-order valence-electron chi connectivity index (χ4n) is 3.56. The van der Waals surface area contributed by atoms with Crippen molar-refractivity contribution in [1.82, 2.24) is 14.9 Å². The number of piperidine rings is 1. The summed E-state index contributed by atoms with van der Waals surface area (Å²) in [5, 5.41) is 0. The van der Waals surface area contributed by atoms with E-state index in [4.69, 9.17) is 4.42 Å². The van der Waals surface area contributed by atoms with Gasteiger partial charge in [-0.15, -0.1) is 0 Å². The molecule has 0 aliphatic carbocycles. The summed E-state index contributed by atoms with van der Waals surface area (Å²) in [6.45, 7) is 3.63. The zero-order valence-electron chi connectivity index (χ0n) is 14.0. The van der Waals surface area contributed by atoms with Crippen LogP contribution in [0.5, 0.6) is 0 Å². The average Bonchev–Trinajstić information content (AvgIpc) is 3.01. The van der Waals surface area contributed by atoms with Gasteiger partial charge < -0.3 is 14.2 Å². The molecule has 2 aromatic heterocycles. The molecule has 6 nitrogen and oxygen atoms in total. The quantitative estimate of drug-likeness (QED) is 0.818. The molecule has 0 saturated carbocycles. The summed E-state index contributed by atoms with van der Waals surface area (Å²) < 4.78 is 43.2. The van der Waals surface area contributed by atoms with Crippen molar-refractivity contribution in [2.24, 2.45) is 5.92 Å². The number of rotatable bonds is 2. The second kappa shape index (κ2) is 6.00. The third-order valence-electron chi connectivity index (χ3n) is 5.12. The van der Waals surface area contributed by atoms with Crippen LogP contribution in [0.3, 0.4) is 0 Å². The van der Waals surface area contributed by atoms with E-state index in [1.165, 1.54) is 6.26 Å². The Kier molecular flexibility index (Phi) is 3.89. The van der Waals surface area contributed by atoms with E-state index in [-0.39, 0.29) is 17.9 Å². The third kappa shape index (κ3) is 2.81. The van der Waals surface area contributed by atoms with Crippen LogP contribution in [0.1, 0.15) is 28.1 Å². The summed E-state index contributed by atoms with van der Waals surface area (Å²) in [5.41, 5.74) is -0.0827. The molecule has 9 heteroatoms. The van der Waals surface area contributed by atoms with Gasteiger partial charge in [-0.25, -0.2) is 9.97 Å². The molecule has 26 heavy (non-hydrogen) atoms. The highest BCUT2D eigenvalue weighted by molar-refractivity contribution is 5.93. The molecule has 0 N–H and O–H groups in total. The lowest BCUT2D eigenvalue weighted by Crippen LogP contribution is -2.65. The second-order valence-electron chi connectivity index (χ2n) is 6.72. The first-order valence-corrected chi connectivity index (χ1v) is 8.34. The number of aromatic nitrogens is 2. The number of fused-ring (bicyclic) bond motifs is 1. The molecule has 0 spiro atoms. The summed E-state index contributed by atoms with van der Waals surface area (Å²) in [7, 11) is 0. The molecule has 2 aliphatic rings. The average molecular weight is 366 g/mol. The van der Waals surface area contributed by atoms with Crippen molar-refractivity contribution >= 4 is 11.9 Å². The fraction of sp³-hybridized carbons (Fsp3) is 0.471. The van der Waals surface area contributed by atoms with E-state index >= 15 is 0 Å². The number of carbonyl (C=O) groups is 1. The normalized spacial score (nSPS) is 22.8. The molecular weight excluding hydrogens is 349 g/mol. The van der Waals surface area contributed by atoms with Gasteiger partial charge in [0.15, 0.2) is 5.76 Å². The highest BCUT2D eigenvalue weighted by Crippen LogP contribution is 2.36. The number of alkyl halides is 3. The van der Waals surface area contributed by atoms with Crippen LogP contribution in [-0.4, -0.2) is 46.5 Å². The van der Waals surface area contributed by atoms with E-state index in [2.05, 4.69) is 9.97 Å². The molecule has 4 heterocycles. The number of anilines is 1. The van der Waals surface area contributed by atoms with Crippen molar-refractivity contribution in [3.8, 4) is 0 Å². The SMILES string of the molecule is Cc1ccoc1C(=O)N1CC[C@H]2CN(c3ncc(C(F)(F)F)cn3)[C@H]2C1. The highest BCUT2D eigenvalue weighted by atomic mass is 19.4. The zero-order valence-corrected chi connectivity index (χ0v) is 14.0. The molecule has 0 bridgehead atoms. The Morgan fingerprint density at radius 1 is 1.27 bits per heavy atom. The van der Waals surface area contributed by atoms with Gasteiger partial charge in [-0.05, 0) is 19.4 Å². The van der Waals surface area contributed by atoms with Crippen LogP contribution in [0.4, 0.5) is 19.1 Å². The number of amides is 1. The monoisotopic (exact) mass is 366 g/mol. The summed E-state index contributed by atoms with van der Waals surface area (Å²) >= 11 is 0. The number of likely N-dealkylation sites (tertiary alicyclic amines) is 1. The van der Waals surface area contributed by atoms with Crippen LogP contribution < -0.4 is 4.90 Å². The fourth-order valence-corrected chi connectivity index (χ4v) is 3.56. The van der Waals surface area contributed by atoms with Crippen molar-refractivity contribution < 1.29 is 22.4 Å². The van der Waals surface area contributed by atoms with E-state index in [1.54, 1.807) is 11.0 Å². The first-order chi connectivity index (χ1) is 12.3. The number of nitrogens with zero attached hydrogens (tertiary/aromatic N) is 4. The molecule has 138 valence electrons. The highest BCUT2D eigenvalue weighted by Gasteiger charge is 2.45. The molecule has 2 fully saturated rings. The van der Waals surface area contributed by atoms with Gasteiger partial charge in [-0.1, -0.05) is 0 Å². The number of halogens is 3. The Labute approximate surface area is 147 Å². The second-order valence-corrected chi connectivity index (χ2v) is 6.72. The molecule has 2 aliphatic heterocycles. The van der Waals surface area contributed by atoms with Gasteiger partial charge in [-0.3, -0.25) is 4.79 Å². The molecule has 2 atom stereocenters. The lowest BCUT2D eigenvalue weighted by Gasteiger charge is -2.53. The molecule has 0 aromatic carbocycles. The van der Waals surface area contributed by atoms with Crippen LogP contribution in [0.25, 0.3) is 0 Å². The number of furan rings is 1. The first kappa shape index (κ1) is 16.9. The zero-order chi connectivity index (χ0) is 18.5. The van der Waals surface area contributed by atoms with Gasteiger partial charge in [-0.2, -0.15) is 13.2 Å². The molecule has 1 amide bonds. The van der Waals surface area contributed by atoms with Crippen LogP contribution in [0, 0.1) is 12.8 Å². The Hall–Kier alpha value is -2.58. The van der Waals surface area contributed by atoms with E-state index in [9.17, 15) is 18.0 Å². The van der Waals surface area contributed by atoms with Gasteiger partial charge in [0.05, 0.1) is 17.9 Å². The topological polar surface area (TPSA) is 62.5 Å².